The largest absolute Gasteiger partial charge is 0.313 e. The summed E-state index contributed by atoms with van der Waals surface area (Å²) >= 11 is 12.5. The van der Waals surface area contributed by atoms with Gasteiger partial charge < -0.3 is 5.32 Å². The lowest BCUT2D eigenvalue weighted by molar-refractivity contribution is 0.309. The topological polar surface area (TPSA) is 12.0 Å². The zero-order valence-electron chi connectivity index (χ0n) is 13.6. The summed E-state index contributed by atoms with van der Waals surface area (Å²) < 4.78 is 0. The first-order chi connectivity index (χ1) is 10.1. The van der Waals surface area contributed by atoms with Crippen LogP contribution in [0.5, 0.6) is 0 Å². The first-order valence-corrected chi connectivity index (χ1v) is 9.05. The molecule has 3 heteroatoms. The van der Waals surface area contributed by atoms with Crippen molar-refractivity contribution in [1.29, 1.82) is 0 Å². The molecule has 1 aromatic rings. The minimum Gasteiger partial charge on any atom is -0.313 e. The van der Waals surface area contributed by atoms with Gasteiger partial charge in [0.1, 0.15) is 0 Å². The lowest BCUT2D eigenvalue weighted by atomic mass is 9.86. The number of benzene rings is 1. The summed E-state index contributed by atoms with van der Waals surface area (Å²) in [6.45, 7) is 7.82. The maximum absolute atomic E-state index is 6.35. The molecule has 0 radical (unpaired) electrons. The summed E-state index contributed by atoms with van der Waals surface area (Å²) in [5, 5.41) is 5.33. The molecule has 0 bridgehead atoms. The van der Waals surface area contributed by atoms with E-state index in [1.54, 1.807) is 0 Å². The normalized spacial score (nSPS) is 12.9. The van der Waals surface area contributed by atoms with Crippen LogP contribution in [0.4, 0.5) is 0 Å². The van der Waals surface area contributed by atoms with E-state index in [4.69, 9.17) is 23.2 Å². The van der Waals surface area contributed by atoms with Crippen LogP contribution in [-0.4, -0.2) is 12.6 Å². The number of halogens is 2. The molecule has 0 fully saturated rings. The van der Waals surface area contributed by atoms with Crippen molar-refractivity contribution in [1.82, 2.24) is 5.32 Å². The Morgan fingerprint density at radius 1 is 1.00 bits per heavy atom. The summed E-state index contributed by atoms with van der Waals surface area (Å²) in [5.41, 5.74) is 1.16. The maximum atomic E-state index is 6.35. The van der Waals surface area contributed by atoms with Crippen molar-refractivity contribution in [2.24, 2.45) is 5.92 Å². The highest BCUT2D eigenvalue weighted by Gasteiger charge is 2.21. The van der Waals surface area contributed by atoms with Crippen molar-refractivity contribution in [3.05, 3.63) is 33.8 Å². The second kappa shape index (κ2) is 10.5. The van der Waals surface area contributed by atoms with E-state index in [-0.39, 0.29) is 0 Å². The minimum atomic E-state index is 0.487. The molecule has 1 unspecified atom stereocenters. The molecule has 1 N–H and O–H groups in total. The number of hydrogen-bond donors (Lipinski definition) is 1. The fraction of sp³-hybridized carbons (Fsp3) is 0.667. The zero-order valence-corrected chi connectivity index (χ0v) is 15.1. The molecule has 0 amide bonds. The third-order valence-electron chi connectivity index (χ3n) is 3.99. The lowest BCUT2D eigenvalue weighted by Gasteiger charge is -2.28. The van der Waals surface area contributed by atoms with Crippen LogP contribution in [0.15, 0.2) is 18.2 Å². The monoisotopic (exact) mass is 329 g/mol. The average molecular weight is 330 g/mol. The Kier molecular flexibility index (Phi) is 9.39. The van der Waals surface area contributed by atoms with Gasteiger partial charge in [-0.1, -0.05) is 56.8 Å². The van der Waals surface area contributed by atoms with Gasteiger partial charge in [-0.2, -0.15) is 0 Å². The molecule has 21 heavy (non-hydrogen) atoms. The van der Waals surface area contributed by atoms with Gasteiger partial charge in [0, 0.05) is 16.1 Å². The second-order valence-electron chi connectivity index (χ2n) is 5.84. The van der Waals surface area contributed by atoms with E-state index in [0.717, 1.165) is 35.0 Å². The summed E-state index contributed by atoms with van der Waals surface area (Å²) in [6.07, 6.45) is 7.13. The van der Waals surface area contributed by atoms with E-state index >= 15 is 0 Å². The maximum Gasteiger partial charge on any atom is 0.0439 e. The molecule has 1 rings (SSSR count). The summed E-state index contributed by atoms with van der Waals surface area (Å²) in [6, 6.07) is 6.27. The van der Waals surface area contributed by atoms with Crippen LogP contribution in [0, 0.1) is 5.92 Å². The van der Waals surface area contributed by atoms with E-state index in [1.807, 2.05) is 18.2 Å². The van der Waals surface area contributed by atoms with Gasteiger partial charge in [-0.15, -0.1) is 0 Å². The van der Waals surface area contributed by atoms with Gasteiger partial charge in [-0.05, 0) is 61.9 Å². The number of hydrogen-bond acceptors (Lipinski definition) is 1. The second-order valence-corrected chi connectivity index (χ2v) is 6.68. The van der Waals surface area contributed by atoms with Crippen molar-refractivity contribution in [3.8, 4) is 0 Å². The van der Waals surface area contributed by atoms with Crippen molar-refractivity contribution >= 4 is 23.2 Å². The van der Waals surface area contributed by atoms with Gasteiger partial charge in [0.25, 0.3) is 0 Å². The molecule has 0 spiro atoms. The third kappa shape index (κ3) is 6.59. The summed E-state index contributed by atoms with van der Waals surface area (Å²) in [4.78, 5) is 0. The highest BCUT2D eigenvalue weighted by molar-refractivity contribution is 6.33. The van der Waals surface area contributed by atoms with E-state index in [0.29, 0.717) is 12.0 Å². The standard InChI is InChI=1S/C18H29Cl2N/c1-4-7-14(8-5-2)18(21-11-6-3)13-15-12-16(19)9-10-17(15)20/h9-10,12,14,18,21H,4-8,11,13H2,1-3H3. The smallest absolute Gasteiger partial charge is 0.0439 e. The first-order valence-electron chi connectivity index (χ1n) is 8.29. The minimum absolute atomic E-state index is 0.487. The van der Waals surface area contributed by atoms with E-state index in [9.17, 15) is 0 Å². The van der Waals surface area contributed by atoms with Crippen LogP contribution < -0.4 is 5.32 Å². The fourth-order valence-corrected chi connectivity index (χ4v) is 3.35. The molecule has 0 aromatic heterocycles. The molecular formula is C18H29Cl2N. The molecule has 0 heterocycles. The SMILES string of the molecule is CCCNC(Cc1cc(Cl)ccc1Cl)C(CCC)CCC. The van der Waals surface area contributed by atoms with Gasteiger partial charge in [-0.3, -0.25) is 0 Å². The Morgan fingerprint density at radius 2 is 1.67 bits per heavy atom. The predicted octanol–water partition coefficient (Wildman–Crippen LogP) is 6.12. The van der Waals surface area contributed by atoms with Gasteiger partial charge in [-0.25, -0.2) is 0 Å². The Hall–Kier alpha value is -0.240. The van der Waals surface area contributed by atoms with Crippen LogP contribution in [0.25, 0.3) is 0 Å². The molecule has 0 aliphatic carbocycles. The molecule has 120 valence electrons. The Bertz CT molecular complexity index is 400. The van der Waals surface area contributed by atoms with Crippen molar-refractivity contribution in [2.75, 3.05) is 6.54 Å². The van der Waals surface area contributed by atoms with Crippen molar-refractivity contribution in [2.45, 2.75) is 65.3 Å². The van der Waals surface area contributed by atoms with Crippen molar-refractivity contribution in [3.63, 3.8) is 0 Å². The van der Waals surface area contributed by atoms with Crippen LogP contribution in [-0.2, 0) is 6.42 Å². The Balaban J connectivity index is 2.86. The van der Waals surface area contributed by atoms with Gasteiger partial charge in [0.2, 0.25) is 0 Å². The lowest BCUT2D eigenvalue weighted by Crippen LogP contribution is -2.38. The van der Waals surface area contributed by atoms with E-state index in [1.165, 1.54) is 25.7 Å². The first kappa shape index (κ1) is 18.8. The number of rotatable bonds is 10. The quantitative estimate of drug-likeness (QED) is 0.545. The van der Waals surface area contributed by atoms with Crippen LogP contribution >= 0.6 is 23.2 Å². The van der Waals surface area contributed by atoms with Crippen LogP contribution in [0.3, 0.4) is 0 Å². The van der Waals surface area contributed by atoms with Crippen molar-refractivity contribution < 1.29 is 0 Å². The molecular weight excluding hydrogens is 301 g/mol. The highest BCUT2D eigenvalue weighted by Crippen LogP contribution is 2.26. The summed E-state index contributed by atoms with van der Waals surface area (Å²) in [5.74, 6) is 0.710. The van der Waals surface area contributed by atoms with Crippen LogP contribution in [0.1, 0.15) is 58.4 Å². The van der Waals surface area contributed by atoms with Gasteiger partial charge >= 0.3 is 0 Å². The van der Waals surface area contributed by atoms with E-state index < -0.39 is 0 Å². The number of nitrogens with one attached hydrogen (secondary N) is 1. The highest BCUT2D eigenvalue weighted by atomic mass is 35.5. The Morgan fingerprint density at radius 3 is 2.24 bits per heavy atom. The molecule has 1 atom stereocenters. The Labute approximate surface area is 140 Å². The molecule has 1 aromatic carbocycles. The molecule has 0 saturated carbocycles. The third-order valence-corrected chi connectivity index (χ3v) is 4.60. The molecule has 0 saturated heterocycles. The zero-order chi connectivity index (χ0) is 15.7. The van der Waals surface area contributed by atoms with E-state index in [2.05, 4.69) is 26.1 Å². The summed E-state index contributed by atoms with van der Waals surface area (Å²) in [7, 11) is 0. The fourth-order valence-electron chi connectivity index (χ4n) is 2.96. The van der Waals surface area contributed by atoms with Gasteiger partial charge in [0.15, 0.2) is 0 Å². The van der Waals surface area contributed by atoms with Gasteiger partial charge in [0.05, 0.1) is 0 Å². The molecule has 0 aliphatic rings. The van der Waals surface area contributed by atoms with Crippen LogP contribution in [0.2, 0.25) is 10.0 Å². The predicted molar refractivity (Wildman–Crippen MR) is 95.6 cm³/mol. The molecule has 1 nitrogen and oxygen atoms in total. The average Bonchev–Trinajstić information content (AvgIpc) is 2.47. The molecule has 0 aliphatic heterocycles.